The second-order valence-electron chi connectivity index (χ2n) is 5.79. The number of fused-ring (bicyclic) bond motifs is 1. The molecule has 1 aromatic rings. The molecule has 3 rings (SSSR count). The van der Waals surface area contributed by atoms with E-state index in [1.54, 1.807) is 12.1 Å². The van der Waals surface area contributed by atoms with Crippen molar-refractivity contribution in [1.82, 2.24) is 24.3 Å². The minimum Gasteiger partial charge on any atom is -0.504 e. The Hall–Kier alpha value is -3.23. The van der Waals surface area contributed by atoms with Crippen LogP contribution in [-0.2, 0) is 7.05 Å². The zero-order chi connectivity index (χ0) is 18.3. The van der Waals surface area contributed by atoms with Crippen molar-refractivity contribution in [2.24, 2.45) is 7.05 Å². The fraction of sp³-hybridized carbons (Fsp3) is 0.312. The highest BCUT2D eigenvalue weighted by molar-refractivity contribution is 5.63. The molecule has 2 aliphatic heterocycles. The normalized spacial score (nSPS) is 11.2. The maximum Gasteiger partial charge on any atom is 0.352 e. The SMILES string of the molecule is COc1cc(-c2nc3c(=O)n(C)c(=O)nc-3n(C(C)C)n2)ccc1O. The number of hydrogen-bond donors (Lipinski definition) is 1. The van der Waals surface area contributed by atoms with E-state index in [-0.39, 0.29) is 34.9 Å². The van der Waals surface area contributed by atoms with Gasteiger partial charge in [-0.2, -0.15) is 10.1 Å². The molecule has 2 aliphatic rings. The summed E-state index contributed by atoms with van der Waals surface area (Å²) in [6, 6.07) is 4.49. The van der Waals surface area contributed by atoms with Crippen LogP contribution < -0.4 is 16.0 Å². The van der Waals surface area contributed by atoms with E-state index < -0.39 is 11.2 Å². The van der Waals surface area contributed by atoms with Crippen LogP contribution in [0, 0.1) is 0 Å². The highest BCUT2D eigenvalue weighted by Gasteiger charge is 2.22. The summed E-state index contributed by atoms with van der Waals surface area (Å²) in [6.07, 6.45) is 0. The zero-order valence-corrected chi connectivity index (χ0v) is 14.2. The van der Waals surface area contributed by atoms with E-state index in [1.807, 2.05) is 13.8 Å². The van der Waals surface area contributed by atoms with Crippen LogP contribution in [-0.4, -0.2) is 36.5 Å². The van der Waals surface area contributed by atoms with Gasteiger partial charge < -0.3 is 9.84 Å². The van der Waals surface area contributed by atoms with E-state index in [4.69, 9.17) is 4.74 Å². The lowest BCUT2D eigenvalue weighted by Gasteiger charge is -2.17. The molecule has 0 saturated carbocycles. The predicted molar refractivity (Wildman–Crippen MR) is 90.0 cm³/mol. The first kappa shape index (κ1) is 16.6. The van der Waals surface area contributed by atoms with Gasteiger partial charge >= 0.3 is 5.69 Å². The molecular formula is C16H17N5O4. The largest absolute Gasteiger partial charge is 0.504 e. The fourth-order valence-electron chi connectivity index (χ4n) is 2.39. The van der Waals surface area contributed by atoms with Gasteiger partial charge in [0, 0.05) is 18.7 Å². The summed E-state index contributed by atoms with van der Waals surface area (Å²) in [5.74, 6) is 0.644. The molecule has 0 radical (unpaired) electrons. The van der Waals surface area contributed by atoms with E-state index in [0.29, 0.717) is 5.56 Å². The molecule has 0 bridgehead atoms. The number of aromatic hydroxyl groups is 1. The van der Waals surface area contributed by atoms with Gasteiger partial charge in [0.1, 0.15) is 0 Å². The Morgan fingerprint density at radius 2 is 1.92 bits per heavy atom. The van der Waals surface area contributed by atoms with Crippen LogP contribution in [0.1, 0.15) is 19.9 Å². The van der Waals surface area contributed by atoms with Gasteiger partial charge in [0.2, 0.25) is 0 Å². The molecule has 130 valence electrons. The number of methoxy groups -OCH3 is 1. The summed E-state index contributed by atoms with van der Waals surface area (Å²) in [6.45, 7) is 3.72. The Morgan fingerprint density at radius 1 is 1.20 bits per heavy atom. The van der Waals surface area contributed by atoms with Gasteiger partial charge in [0.25, 0.3) is 5.56 Å². The van der Waals surface area contributed by atoms with Crippen molar-refractivity contribution in [1.29, 1.82) is 0 Å². The van der Waals surface area contributed by atoms with Crippen molar-refractivity contribution in [2.45, 2.75) is 19.9 Å². The van der Waals surface area contributed by atoms with Crippen LogP contribution in [0.15, 0.2) is 27.8 Å². The maximum atomic E-state index is 12.4. The number of nitrogens with zero attached hydrogens (tertiary/aromatic N) is 5. The number of phenols is 1. The van der Waals surface area contributed by atoms with Crippen LogP contribution in [0.2, 0.25) is 0 Å². The molecule has 0 unspecified atom stereocenters. The lowest BCUT2D eigenvalue weighted by atomic mass is 10.2. The van der Waals surface area contributed by atoms with Crippen molar-refractivity contribution >= 4 is 0 Å². The molecule has 1 aromatic carbocycles. The number of benzene rings is 1. The molecule has 0 aliphatic carbocycles. The van der Waals surface area contributed by atoms with Crippen LogP contribution in [0.5, 0.6) is 11.5 Å². The van der Waals surface area contributed by atoms with E-state index in [9.17, 15) is 14.7 Å². The summed E-state index contributed by atoms with van der Waals surface area (Å²) in [5.41, 5.74) is -0.597. The molecule has 9 nitrogen and oxygen atoms in total. The first-order chi connectivity index (χ1) is 11.8. The third-order valence-corrected chi connectivity index (χ3v) is 3.77. The average molecular weight is 343 g/mol. The predicted octanol–water partition coefficient (Wildman–Crippen LogP) is 0.799. The van der Waals surface area contributed by atoms with E-state index in [2.05, 4.69) is 15.1 Å². The third-order valence-electron chi connectivity index (χ3n) is 3.77. The second-order valence-corrected chi connectivity index (χ2v) is 5.79. The Morgan fingerprint density at radius 3 is 2.56 bits per heavy atom. The van der Waals surface area contributed by atoms with Gasteiger partial charge in [-0.15, -0.1) is 0 Å². The smallest absolute Gasteiger partial charge is 0.352 e. The van der Waals surface area contributed by atoms with Crippen molar-refractivity contribution in [3.8, 4) is 34.4 Å². The Bertz CT molecular complexity index is 1040. The highest BCUT2D eigenvalue weighted by atomic mass is 16.5. The van der Waals surface area contributed by atoms with Gasteiger partial charge in [-0.05, 0) is 32.0 Å². The molecule has 0 atom stereocenters. The molecule has 1 N–H and O–H groups in total. The van der Waals surface area contributed by atoms with Gasteiger partial charge in [0.15, 0.2) is 28.8 Å². The Labute approximate surface area is 142 Å². The van der Waals surface area contributed by atoms with Crippen molar-refractivity contribution in [3.63, 3.8) is 0 Å². The third kappa shape index (κ3) is 2.73. The molecule has 0 aromatic heterocycles. The van der Waals surface area contributed by atoms with Crippen LogP contribution in [0.4, 0.5) is 0 Å². The summed E-state index contributed by atoms with van der Waals surface area (Å²) >= 11 is 0. The summed E-state index contributed by atoms with van der Waals surface area (Å²) in [5, 5.41) is 14.1. The van der Waals surface area contributed by atoms with Crippen molar-refractivity contribution < 1.29 is 9.84 Å². The molecule has 0 spiro atoms. The zero-order valence-electron chi connectivity index (χ0n) is 14.2. The molecular weight excluding hydrogens is 326 g/mol. The number of aromatic nitrogens is 5. The minimum absolute atomic E-state index is 0.0163. The highest BCUT2D eigenvalue weighted by Crippen LogP contribution is 2.30. The fourth-order valence-corrected chi connectivity index (χ4v) is 2.39. The van der Waals surface area contributed by atoms with E-state index >= 15 is 0 Å². The van der Waals surface area contributed by atoms with Crippen LogP contribution in [0.25, 0.3) is 22.9 Å². The Balaban J connectivity index is 2.36. The average Bonchev–Trinajstić information content (AvgIpc) is 2.59. The topological polar surface area (TPSA) is 112 Å². The molecule has 0 saturated heterocycles. The van der Waals surface area contributed by atoms with Gasteiger partial charge in [-0.1, -0.05) is 0 Å². The number of hydrogen-bond acceptors (Lipinski definition) is 7. The molecule has 25 heavy (non-hydrogen) atoms. The number of phenolic OH excluding ortho intramolecular Hbond substituents is 1. The quantitative estimate of drug-likeness (QED) is 0.748. The molecule has 2 heterocycles. The number of rotatable bonds is 3. The van der Waals surface area contributed by atoms with Crippen molar-refractivity contribution in [3.05, 3.63) is 39.0 Å². The monoisotopic (exact) mass is 343 g/mol. The van der Waals surface area contributed by atoms with E-state index in [0.717, 1.165) is 4.57 Å². The van der Waals surface area contributed by atoms with Crippen molar-refractivity contribution in [2.75, 3.05) is 7.11 Å². The first-order valence-electron chi connectivity index (χ1n) is 7.58. The lowest BCUT2D eigenvalue weighted by molar-refractivity contribution is 0.373. The summed E-state index contributed by atoms with van der Waals surface area (Å²) in [7, 11) is 2.78. The number of ether oxygens (including phenoxy) is 1. The van der Waals surface area contributed by atoms with Gasteiger partial charge in [0.05, 0.1) is 7.11 Å². The molecule has 0 fully saturated rings. The summed E-state index contributed by atoms with van der Waals surface area (Å²) < 4.78 is 7.49. The van der Waals surface area contributed by atoms with Gasteiger partial charge in [-0.3, -0.25) is 9.36 Å². The lowest BCUT2D eigenvalue weighted by Crippen LogP contribution is -2.37. The minimum atomic E-state index is -0.658. The standard InChI is InChI=1S/C16H17N5O4/c1-8(2)21-14-12(15(23)20(3)16(24)18-14)17-13(19-21)9-5-6-10(22)11(7-9)25-4/h5-8,22H,1-4H3. The molecule has 9 heteroatoms. The van der Waals surface area contributed by atoms with Crippen LogP contribution >= 0.6 is 0 Å². The van der Waals surface area contributed by atoms with E-state index in [1.165, 1.54) is 24.9 Å². The van der Waals surface area contributed by atoms with Gasteiger partial charge in [-0.25, -0.2) is 14.5 Å². The second kappa shape index (κ2) is 6.00. The summed E-state index contributed by atoms with van der Waals surface area (Å²) in [4.78, 5) is 32.5. The molecule has 0 amide bonds. The maximum absolute atomic E-state index is 12.4. The first-order valence-corrected chi connectivity index (χ1v) is 7.58. The van der Waals surface area contributed by atoms with Crippen LogP contribution in [0.3, 0.4) is 0 Å². The Kier molecular flexibility index (Phi) is 3.99.